The van der Waals surface area contributed by atoms with Gasteiger partial charge < -0.3 is 20.1 Å². The van der Waals surface area contributed by atoms with Crippen LogP contribution in [0, 0.1) is 0 Å². The van der Waals surface area contributed by atoms with Crippen LogP contribution in [0.5, 0.6) is 0 Å². The molecule has 0 bridgehead atoms. The number of aliphatic carboxylic acids is 3. The Bertz CT molecular complexity index is 429. The summed E-state index contributed by atoms with van der Waals surface area (Å²) in [7, 11) is 0. The molecule has 0 aromatic rings. The van der Waals surface area contributed by atoms with Crippen LogP contribution in [-0.4, -0.2) is 105 Å². The molecule has 0 aromatic carbocycles. The van der Waals surface area contributed by atoms with E-state index in [-0.39, 0.29) is 65.7 Å². The third-order valence-corrected chi connectivity index (χ3v) is 4.64. The molecule has 0 aliphatic rings. The Kier molecular flexibility index (Phi) is 25.3. The number of hydrogen-bond acceptors (Lipinski definition) is 4. The standard InChI is InChI=1S/C20H36O7.2Na.2H/c1-2-3-4-5-6-7-8-9-10-11-12-13-14-27-20(19(25)26,15-17(21)22)16-18(23)24;;;;/h2-16H2,1H3,(H,21,22)(H,23,24)(H,25,26);;;;. The van der Waals surface area contributed by atoms with Crippen molar-refractivity contribution in [2.24, 2.45) is 0 Å². The van der Waals surface area contributed by atoms with Gasteiger partial charge in [0, 0.05) is 6.61 Å². The van der Waals surface area contributed by atoms with E-state index in [1.165, 1.54) is 51.4 Å². The van der Waals surface area contributed by atoms with Gasteiger partial charge in [0.25, 0.3) is 0 Å². The molecule has 0 radical (unpaired) electrons. The molecule has 0 heterocycles. The molecule has 0 atom stereocenters. The van der Waals surface area contributed by atoms with E-state index in [0.29, 0.717) is 6.42 Å². The van der Waals surface area contributed by atoms with Crippen molar-refractivity contribution in [3.05, 3.63) is 0 Å². The molecule has 0 aliphatic heterocycles. The van der Waals surface area contributed by atoms with Crippen LogP contribution in [0.4, 0.5) is 0 Å². The Labute approximate surface area is 218 Å². The Morgan fingerprint density at radius 1 is 0.655 bits per heavy atom. The molecule has 0 aromatic heterocycles. The fraction of sp³-hybridized carbons (Fsp3) is 0.850. The first-order chi connectivity index (χ1) is 12.8. The summed E-state index contributed by atoms with van der Waals surface area (Å²) < 4.78 is 5.24. The summed E-state index contributed by atoms with van der Waals surface area (Å²) in [5.41, 5.74) is -2.20. The molecule has 3 N–H and O–H groups in total. The molecule has 0 amide bonds. The summed E-state index contributed by atoms with van der Waals surface area (Å²) in [6.45, 7) is 2.26. The van der Waals surface area contributed by atoms with E-state index in [9.17, 15) is 19.5 Å². The van der Waals surface area contributed by atoms with Gasteiger partial charge >= 0.3 is 77.0 Å². The van der Waals surface area contributed by atoms with E-state index in [2.05, 4.69) is 6.92 Å². The van der Waals surface area contributed by atoms with Crippen molar-refractivity contribution >= 4 is 77.0 Å². The third-order valence-electron chi connectivity index (χ3n) is 4.64. The summed E-state index contributed by atoms with van der Waals surface area (Å²) in [5.74, 6) is -4.34. The zero-order chi connectivity index (χ0) is 20.5. The van der Waals surface area contributed by atoms with Crippen LogP contribution in [-0.2, 0) is 19.1 Å². The molecular weight excluding hydrogens is 398 g/mol. The van der Waals surface area contributed by atoms with Gasteiger partial charge in [-0.3, -0.25) is 9.59 Å². The number of ether oxygens (including phenoxy) is 1. The first kappa shape index (κ1) is 34.0. The maximum atomic E-state index is 11.4. The fourth-order valence-electron chi connectivity index (χ4n) is 3.08. The molecule has 162 valence electrons. The Morgan fingerprint density at radius 2 is 1.00 bits per heavy atom. The number of carbonyl (C=O) groups is 3. The minimum absolute atomic E-state index is 0. The zero-order valence-corrected chi connectivity index (χ0v) is 16.6. The first-order valence-electron chi connectivity index (χ1n) is 10.1. The van der Waals surface area contributed by atoms with Crippen molar-refractivity contribution in [2.45, 2.75) is 102 Å². The second-order valence-electron chi connectivity index (χ2n) is 7.18. The molecule has 7 nitrogen and oxygen atoms in total. The van der Waals surface area contributed by atoms with E-state index in [1.807, 2.05) is 0 Å². The average Bonchev–Trinajstić information content (AvgIpc) is 2.57. The number of hydrogen-bond donors (Lipinski definition) is 3. The van der Waals surface area contributed by atoms with E-state index in [0.717, 1.165) is 19.3 Å². The fourth-order valence-corrected chi connectivity index (χ4v) is 3.08. The molecule has 29 heavy (non-hydrogen) atoms. The Hall–Kier alpha value is 0.370. The van der Waals surface area contributed by atoms with E-state index >= 15 is 0 Å². The van der Waals surface area contributed by atoms with Crippen LogP contribution in [0.3, 0.4) is 0 Å². The minimum atomic E-state index is -2.20. The van der Waals surface area contributed by atoms with Crippen molar-refractivity contribution in [1.29, 1.82) is 0 Å². The second-order valence-corrected chi connectivity index (χ2v) is 7.18. The molecule has 0 fully saturated rings. The normalized spacial score (nSPS) is 10.7. The summed E-state index contributed by atoms with van der Waals surface area (Å²) in [6.07, 6.45) is 12.1. The van der Waals surface area contributed by atoms with Crippen LogP contribution in [0.25, 0.3) is 0 Å². The Morgan fingerprint density at radius 3 is 1.31 bits per heavy atom. The van der Waals surface area contributed by atoms with Crippen molar-refractivity contribution in [3.63, 3.8) is 0 Å². The van der Waals surface area contributed by atoms with Gasteiger partial charge in [0.05, 0.1) is 12.8 Å². The van der Waals surface area contributed by atoms with Gasteiger partial charge in [0.2, 0.25) is 0 Å². The van der Waals surface area contributed by atoms with Crippen LogP contribution in [0.15, 0.2) is 0 Å². The first-order valence-corrected chi connectivity index (χ1v) is 10.1. The van der Waals surface area contributed by atoms with Crippen LogP contribution >= 0.6 is 0 Å². The van der Waals surface area contributed by atoms with Crippen LogP contribution < -0.4 is 0 Å². The predicted octanol–water partition coefficient (Wildman–Crippen LogP) is 3.18. The Balaban J connectivity index is -0.00000338. The third kappa shape index (κ3) is 18.8. The van der Waals surface area contributed by atoms with Crippen LogP contribution in [0.2, 0.25) is 0 Å². The van der Waals surface area contributed by atoms with Gasteiger partial charge in [0.15, 0.2) is 5.60 Å². The van der Waals surface area contributed by atoms with Gasteiger partial charge in [-0.25, -0.2) is 4.79 Å². The van der Waals surface area contributed by atoms with Gasteiger partial charge in [-0.15, -0.1) is 0 Å². The van der Waals surface area contributed by atoms with E-state index < -0.39 is 36.4 Å². The van der Waals surface area contributed by atoms with Gasteiger partial charge in [-0.2, -0.15) is 0 Å². The van der Waals surface area contributed by atoms with Gasteiger partial charge in [0.1, 0.15) is 0 Å². The SMILES string of the molecule is CCCCCCCCCCCCCCOC(CC(=O)O)(CC(=O)O)C(=O)O.[NaH].[NaH]. The van der Waals surface area contributed by atoms with Gasteiger partial charge in [-0.1, -0.05) is 77.6 Å². The quantitative estimate of drug-likeness (QED) is 0.210. The summed E-state index contributed by atoms with van der Waals surface area (Å²) in [5, 5.41) is 27.0. The van der Waals surface area contributed by atoms with Crippen molar-refractivity contribution < 1.29 is 34.4 Å². The monoisotopic (exact) mass is 436 g/mol. The van der Waals surface area contributed by atoms with E-state index in [4.69, 9.17) is 14.9 Å². The van der Waals surface area contributed by atoms with Gasteiger partial charge in [-0.05, 0) is 6.42 Å². The summed E-state index contributed by atoms with van der Waals surface area (Å²) >= 11 is 0. The summed E-state index contributed by atoms with van der Waals surface area (Å²) in [6, 6.07) is 0. The van der Waals surface area contributed by atoms with Crippen molar-refractivity contribution in [2.75, 3.05) is 6.61 Å². The number of carboxylic acid groups (broad SMARTS) is 3. The zero-order valence-electron chi connectivity index (χ0n) is 16.6. The average molecular weight is 436 g/mol. The molecule has 0 rings (SSSR count). The number of carboxylic acids is 3. The number of unbranched alkanes of at least 4 members (excludes halogenated alkanes) is 11. The van der Waals surface area contributed by atoms with Crippen LogP contribution in [0.1, 0.15) is 96.8 Å². The molecule has 9 heteroatoms. The predicted molar refractivity (Wildman–Crippen MR) is 116 cm³/mol. The molecule has 0 saturated heterocycles. The molecule has 0 spiro atoms. The molecule has 0 saturated carbocycles. The van der Waals surface area contributed by atoms with Crippen molar-refractivity contribution in [1.82, 2.24) is 0 Å². The topological polar surface area (TPSA) is 121 Å². The molecular formula is C20H38Na2O7. The van der Waals surface area contributed by atoms with Crippen molar-refractivity contribution in [3.8, 4) is 0 Å². The molecule has 0 unspecified atom stereocenters. The van der Waals surface area contributed by atoms with E-state index in [1.54, 1.807) is 0 Å². The molecule has 0 aliphatic carbocycles. The second kappa shape index (κ2) is 21.6. The summed E-state index contributed by atoms with van der Waals surface area (Å²) in [4.78, 5) is 33.2. The number of rotatable bonds is 19. The maximum absolute atomic E-state index is 11.4.